The highest BCUT2D eigenvalue weighted by Crippen LogP contribution is 2.38. The number of hydrogen-bond acceptors (Lipinski definition) is 4. The molecule has 2 aromatic carbocycles. The number of fused-ring (bicyclic) bond motifs is 1. The van der Waals surface area contributed by atoms with E-state index in [0.29, 0.717) is 23.1 Å². The van der Waals surface area contributed by atoms with Gasteiger partial charge in [-0.25, -0.2) is 0 Å². The summed E-state index contributed by atoms with van der Waals surface area (Å²) >= 11 is 1.80. The summed E-state index contributed by atoms with van der Waals surface area (Å²) in [7, 11) is -1.51. The molecule has 0 saturated carbocycles. The molecule has 0 radical (unpaired) electrons. The summed E-state index contributed by atoms with van der Waals surface area (Å²) in [5.74, 6) is 0.550. The molecule has 2 aromatic rings. The molecule has 0 amide bonds. The molecule has 3 rings (SSSR count). The van der Waals surface area contributed by atoms with Crippen molar-refractivity contribution in [1.29, 1.82) is 0 Å². The van der Waals surface area contributed by atoms with Crippen molar-refractivity contribution >= 4 is 24.3 Å². The lowest BCUT2D eigenvalue weighted by Crippen LogP contribution is -2.32. The van der Waals surface area contributed by atoms with Gasteiger partial charge in [-0.05, 0) is 23.6 Å². The van der Waals surface area contributed by atoms with Crippen molar-refractivity contribution in [1.82, 2.24) is 0 Å². The van der Waals surface area contributed by atoms with Crippen molar-refractivity contribution in [3.63, 3.8) is 0 Å². The van der Waals surface area contributed by atoms with Gasteiger partial charge in [0.05, 0.1) is 0 Å². The van der Waals surface area contributed by atoms with Crippen LogP contribution in [0.15, 0.2) is 47.4 Å². The Hall–Kier alpha value is -1.43. The van der Waals surface area contributed by atoms with E-state index in [-0.39, 0.29) is 0 Å². The highest BCUT2D eigenvalue weighted by Gasteiger charge is 2.25. The first-order valence-corrected chi connectivity index (χ1v) is 7.88. The molecule has 3 nitrogen and oxygen atoms in total. The van der Waals surface area contributed by atoms with E-state index in [4.69, 9.17) is 4.74 Å². The Kier molecular flexibility index (Phi) is 4.24. The van der Waals surface area contributed by atoms with Gasteiger partial charge in [-0.1, -0.05) is 43.3 Å². The normalized spacial score (nSPS) is 16.6. The molecule has 108 valence electrons. The van der Waals surface area contributed by atoms with Crippen LogP contribution in [-0.4, -0.2) is 22.4 Å². The zero-order valence-corrected chi connectivity index (χ0v) is 12.6. The Morgan fingerprint density at radius 3 is 2.71 bits per heavy atom. The second-order valence-corrected chi connectivity index (χ2v) is 6.76. The van der Waals surface area contributed by atoms with Gasteiger partial charge in [-0.3, -0.25) is 0 Å². The average Bonchev–Trinajstić information content (AvgIpc) is 2.84. The molecule has 0 fully saturated rings. The molecule has 5 heteroatoms. The van der Waals surface area contributed by atoms with Crippen molar-refractivity contribution in [3.8, 4) is 5.75 Å². The SMILES string of the molecule is CC1Cc2cc(B(O)O)c(OCc3ccccc3)cc2S1. The number of rotatable bonds is 4. The maximum absolute atomic E-state index is 9.57. The Bertz CT molecular complexity index is 631. The zero-order valence-electron chi connectivity index (χ0n) is 11.8. The van der Waals surface area contributed by atoms with E-state index in [1.54, 1.807) is 11.8 Å². The van der Waals surface area contributed by atoms with Crippen molar-refractivity contribution < 1.29 is 14.8 Å². The summed E-state index contributed by atoms with van der Waals surface area (Å²) in [6, 6.07) is 13.6. The van der Waals surface area contributed by atoms with E-state index in [1.807, 2.05) is 42.5 Å². The predicted octanol–water partition coefficient (Wildman–Crippen LogP) is 1.98. The number of thioether (sulfide) groups is 1. The van der Waals surface area contributed by atoms with Crippen LogP contribution >= 0.6 is 11.8 Å². The summed E-state index contributed by atoms with van der Waals surface area (Å²) in [6.07, 6.45) is 0.957. The van der Waals surface area contributed by atoms with Crippen LogP contribution in [0.1, 0.15) is 18.1 Å². The molecule has 1 aliphatic rings. The maximum atomic E-state index is 9.57. The summed E-state index contributed by atoms with van der Waals surface area (Å²) < 4.78 is 5.81. The second kappa shape index (κ2) is 6.14. The topological polar surface area (TPSA) is 49.7 Å². The molecule has 2 N–H and O–H groups in total. The highest BCUT2D eigenvalue weighted by atomic mass is 32.2. The molecule has 1 unspecified atom stereocenters. The van der Waals surface area contributed by atoms with Crippen LogP contribution in [0.2, 0.25) is 0 Å². The molecule has 0 spiro atoms. The van der Waals surface area contributed by atoms with Crippen molar-refractivity contribution in [3.05, 3.63) is 53.6 Å². The third-order valence-corrected chi connectivity index (χ3v) is 4.75. The Morgan fingerprint density at radius 2 is 2.00 bits per heavy atom. The van der Waals surface area contributed by atoms with Gasteiger partial charge in [-0.2, -0.15) is 0 Å². The molecule has 21 heavy (non-hydrogen) atoms. The molecule has 0 aliphatic carbocycles. The number of ether oxygens (including phenoxy) is 1. The number of benzene rings is 2. The predicted molar refractivity (Wildman–Crippen MR) is 86.1 cm³/mol. The fraction of sp³-hybridized carbons (Fsp3) is 0.250. The lowest BCUT2D eigenvalue weighted by atomic mass is 9.78. The standard InChI is InChI=1S/C16H17BO3S/c1-11-7-13-8-14(17(18)19)15(9-16(13)21-11)20-10-12-5-3-2-4-6-12/h2-6,8-9,11,18-19H,7,10H2,1H3. The Balaban J connectivity index is 1.85. The minimum absolute atomic E-state index is 0.416. The molecular formula is C16H17BO3S. The average molecular weight is 300 g/mol. The molecule has 0 bridgehead atoms. The van der Waals surface area contributed by atoms with Gasteiger partial charge in [-0.15, -0.1) is 11.8 Å². The first-order valence-electron chi connectivity index (χ1n) is 7.00. The lowest BCUT2D eigenvalue weighted by molar-refractivity contribution is 0.306. The van der Waals surface area contributed by atoms with Gasteiger partial charge in [0, 0.05) is 15.6 Å². The van der Waals surface area contributed by atoms with E-state index >= 15 is 0 Å². The van der Waals surface area contributed by atoms with E-state index in [9.17, 15) is 10.0 Å². The van der Waals surface area contributed by atoms with Crippen LogP contribution in [0.5, 0.6) is 5.75 Å². The van der Waals surface area contributed by atoms with Gasteiger partial charge in [0.2, 0.25) is 0 Å². The van der Waals surface area contributed by atoms with Gasteiger partial charge in [0.1, 0.15) is 12.4 Å². The molecule has 1 heterocycles. The third-order valence-electron chi connectivity index (χ3n) is 3.54. The van der Waals surface area contributed by atoms with E-state index in [2.05, 4.69) is 6.92 Å². The smallest absolute Gasteiger partial charge is 0.489 e. The van der Waals surface area contributed by atoms with Crippen molar-refractivity contribution in [2.75, 3.05) is 0 Å². The van der Waals surface area contributed by atoms with Gasteiger partial charge in [0.25, 0.3) is 0 Å². The Morgan fingerprint density at radius 1 is 1.24 bits per heavy atom. The van der Waals surface area contributed by atoms with Gasteiger partial charge in [0.15, 0.2) is 0 Å². The summed E-state index contributed by atoms with van der Waals surface area (Å²) in [5.41, 5.74) is 2.67. The largest absolute Gasteiger partial charge is 0.492 e. The van der Waals surface area contributed by atoms with E-state index in [1.165, 1.54) is 10.5 Å². The van der Waals surface area contributed by atoms with Crippen LogP contribution in [0, 0.1) is 0 Å². The van der Waals surface area contributed by atoms with Crippen LogP contribution in [0.25, 0.3) is 0 Å². The fourth-order valence-electron chi connectivity index (χ4n) is 2.52. The lowest BCUT2D eigenvalue weighted by Gasteiger charge is -2.13. The summed E-state index contributed by atoms with van der Waals surface area (Å²) in [5, 5.41) is 19.7. The van der Waals surface area contributed by atoms with Crippen LogP contribution in [-0.2, 0) is 13.0 Å². The van der Waals surface area contributed by atoms with E-state index in [0.717, 1.165) is 12.0 Å². The molecule has 1 atom stereocenters. The van der Waals surface area contributed by atoms with Crippen LogP contribution in [0.4, 0.5) is 0 Å². The monoisotopic (exact) mass is 300 g/mol. The van der Waals surface area contributed by atoms with Gasteiger partial charge < -0.3 is 14.8 Å². The zero-order chi connectivity index (χ0) is 14.8. The number of hydrogen-bond donors (Lipinski definition) is 2. The molecular weight excluding hydrogens is 283 g/mol. The Labute approximate surface area is 129 Å². The minimum atomic E-state index is -1.51. The first-order chi connectivity index (χ1) is 10.1. The second-order valence-electron chi connectivity index (χ2n) is 5.28. The van der Waals surface area contributed by atoms with Crippen LogP contribution in [0.3, 0.4) is 0 Å². The van der Waals surface area contributed by atoms with E-state index < -0.39 is 7.12 Å². The quantitative estimate of drug-likeness (QED) is 0.848. The van der Waals surface area contributed by atoms with Crippen LogP contribution < -0.4 is 10.2 Å². The molecule has 0 aromatic heterocycles. The summed E-state index contributed by atoms with van der Waals surface area (Å²) in [6.45, 7) is 2.59. The fourth-order valence-corrected chi connectivity index (χ4v) is 3.69. The summed E-state index contributed by atoms with van der Waals surface area (Å²) in [4.78, 5) is 1.18. The van der Waals surface area contributed by atoms with Gasteiger partial charge >= 0.3 is 7.12 Å². The molecule has 0 saturated heterocycles. The maximum Gasteiger partial charge on any atom is 0.492 e. The first kappa shape index (κ1) is 14.5. The third kappa shape index (κ3) is 3.26. The highest BCUT2D eigenvalue weighted by molar-refractivity contribution is 8.00. The molecule has 1 aliphatic heterocycles. The van der Waals surface area contributed by atoms with Crippen molar-refractivity contribution in [2.24, 2.45) is 0 Å². The van der Waals surface area contributed by atoms with Crippen molar-refractivity contribution in [2.45, 2.75) is 30.1 Å². The minimum Gasteiger partial charge on any atom is -0.489 e.